The molecule has 0 saturated heterocycles. The third kappa shape index (κ3) is 24.7. The second-order valence-corrected chi connectivity index (χ2v) is 48.2. The van der Waals surface area contributed by atoms with Crippen LogP contribution in [0.3, 0.4) is 0 Å². The molecule has 4 atom stereocenters. The molecule has 0 radical (unpaired) electrons. The predicted molar refractivity (Wildman–Crippen MR) is 551 cm³/mol. The second-order valence-electron chi connectivity index (χ2n) is 48.2. The van der Waals surface area contributed by atoms with Crippen LogP contribution in [-0.2, 0) is 63.8 Å². The normalized spacial score (nSPS) is 25.5. The van der Waals surface area contributed by atoms with E-state index >= 15 is 0 Å². The Labute approximate surface area is 827 Å². The summed E-state index contributed by atoms with van der Waals surface area (Å²) in [6.45, 7) is 38.0. The highest BCUT2D eigenvalue weighted by Gasteiger charge is 2.50. The van der Waals surface area contributed by atoms with Gasteiger partial charge in [-0.2, -0.15) is 0 Å². The lowest BCUT2D eigenvalue weighted by molar-refractivity contribution is -0.141. The Kier molecular flexibility index (Phi) is 32.7. The van der Waals surface area contributed by atoms with Crippen molar-refractivity contribution in [2.24, 2.45) is 65.1 Å². The molecule has 752 valence electrons. The number of fused-ring (bicyclic) bond motifs is 8. The maximum atomic E-state index is 13.9. The number of nitrogens with zero attached hydrogens (tertiary/aromatic N) is 8. The van der Waals surface area contributed by atoms with Gasteiger partial charge in [0.05, 0.1) is 24.2 Å². The molecule has 6 saturated carbocycles. The van der Waals surface area contributed by atoms with Crippen molar-refractivity contribution in [1.82, 2.24) is 39.2 Å². The molecule has 18 rings (SSSR count). The van der Waals surface area contributed by atoms with Crippen LogP contribution in [0, 0.1) is 72.0 Å². The minimum atomic E-state index is -0.481. The summed E-state index contributed by atoms with van der Waals surface area (Å²) in [5, 5.41) is 0. The molecule has 20 nitrogen and oxygen atoms in total. The van der Waals surface area contributed by atoms with Gasteiger partial charge in [0, 0.05) is 104 Å². The number of aryl methyl sites for hydroxylation is 1. The summed E-state index contributed by atoms with van der Waals surface area (Å²) in [7, 11) is 7.29. The summed E-state index contributed by atoms with van der Waals surface area (Å²) in [5.74, 6) is 5.57. The minimum Gasteiger partial charge on any atom is -0.444 e. The van der Waals surface area contributed by atoms with Crippen molar-refractivity contribution in [3.8, 4) is 0 Å². The van der Waals surface area contributed by atoms with Gasteiger partial charge in [0.2, 0.25) is 23.6 Å². The monoisotopic (exact) mass is 1890 g/mol. The lowest BCUT2D eigenvalue weighted by atomic mass is 9.73. The van der Waals surface area contributed by atoms with Crippen molar-refractivity contribution in [3.05, 3.63) is 163 Å². The molecule has 20 heteroatoms. The van der Waals surface area contributed by atoms with Crippen molar-refractivity contribution < 1.29 is 57.3 Å². The molecule has 6 fully saturated rings. The summed E-state index contributed by atoms with van der Waals surface area (Å²) >= 11 is 0. The number of amides is 8. The Morgan fingerprint density at radius 2 is 0.623 bits per heavy atom. The van der Waals surface area contributed by atoms with Gasteiger partial charge >= 0.3 is 24.4 Å². The molecule has 10 aliphatic carbocycles. The second kappa shape index (κ2) is 43.7. The fraction of sp³-hybridized carbons (Fsp3) is 0.661. The number of carbonyl (C=O) groups excluding carboxylic acids is 8. The highest BCUT2D eigenvalue weighted by Crippen LogP contribution is 2.53. The SMILES string of the molecule is CCC1C2=C(CCN1C(=O)C1CCC(CN(C)C(=O)OC(C)(C)C)CC1)c1ccccc1C2.CN(CC1CCC(C(=O)N2CCC3=C(Cc4ccccc43)C2C2CC2)CC1)C(=O)OC(C)(C)C.CN(CC1CCC(C(=O)N2CCC3=C(Cc4ccccc43)C2C2CCC2)CC1)C(=O)OC(C)(C)C.Cc1cccc2c1CC1=C2CCN(C(=O)C2CCC(CN(C)C(=O)OC(C)(C)C)CC2)C1CC(C)C. The summed E-state index contributed by atoms with van der Waals surface area (Å²) < 4.78 is 22.0. The Morgan fingerprint density at radius 3 is 0.935 bits per heavy atom. The zero-order valence-electron chi connectivity index (χ0n) is 87.9. The van der Waals surface area contributed by atoms with E-state index in [4.69, 9.17) is 18.9 Å². The first-order chi connectivity index (χ1) is 65.5. The van der Waals surface area contributed by atoms with Gasteiger partial charge in [-0.15, -0.1) is 0 Å². The number of rotatable bonds is 17. The molecule has 4 aromatic carbocycles. The Hall–Kier alpha value is -9.20. The van der Waals surface area contributed by atoms with Crippen molar-refractivity contribution in [3.63, 3.8) is 0 Å². The van der Waals surface area contributed by atoms with Gasteiger partial charge in [-0.05, 0) is 419 Å². The largest absolute Gasteiger partial charge is 0.444 e. The van der Waals surface area contributed by atoms with E-state index in [9.17, 15) is 38.4 Å². The van der Waals surface area contributed by atoms with Crippen molar-refractivity contribution in [2.75, 3.05) is 80.5 Å². The lowest BCUT2D eigenvalue weighted by Gasteiger charge is -2.46. The van der Waals surface area contributed by atoms with Crippen molar-refractivity contribution in [2.45, 2.75) is 356 Å². The van der Waals surface area contributed by atoms with Gasteiger partial charge < -0.3 is 58.1 Å². The lowest BCUT2D eigenvalue weighted by Crippen LogP contribution is -2.52. The number of hydrogen-bond donors (Lipinski definition) is 0. The van der Waals surface area contributed by atoms with Gasteiger partial charge in [0.15, 0.2) is 0 Å². The van der Waals surface area contributed by atoms with E-state index in [-0.39, 0.29) is 60.1 Å². The third-order valence-corrected chi connectivity index (χ3v) is 32.8. The van der Waals surface area contributed by atoms with Crippen LogP contribution >= 0.6 is 0 Å². The molecule has 4 aliphatic heterocycles. The zero-order valence-corrected chi connectivity index (χ0v) is 87.9. The van der Waals surface area contributed by atoms with E-state index < -0.39 is 22.4 Å². The Morgan fingerprint density at radius 1 is 0.341 bits per heavy atom. The zero-order chi connectivity index (χ0) is 98.7. The quantitative estimate of drug-likeness (QED) is 0.0907. The van der Waals surface area contributed by atoms with Crippen molar-refractivity contribution >= 4 is 70.3 Å². The fourth-order valence-corrected chi connectivity index (χ4v) is 25.7. The number of ether oxygens (including phenoxy) is 4. The summed E-state index contributed by atoms with van der Waals surface area (Å²) in [5.41, 5.74) is 23.1. The molecule has 0 spiro atoms. The fourth-order valence-electron chi connectivity index (χ4n) is 25.7. The van der Waals surface area contributed by atoms with Crippen LogP contribution in [0.15, 0.2) is 113 Å². The first kappa shape index (κ1) is 103. The number of benzene rings is 4. The Balaban J connectivity index is 0.000000140. The van der Waals surface area contributed by atoms with E-state index in [0.29, 0.717) is 103 Å². The summed E-state index contributed by atoms with van der Waals surface area (Å²) in [4.78, 5) is 120. The molecule has 4 heterocycles. The molecule has 8 amide bonds. The summed E-state index contributed by atoms with van der Waals surface area (Å²) in [6, 6.07) is 34.2. The molecule has 4 aromatic rings. The van der Waals surface area contributed by atoms with Crippen LogP contribution in [0.1, 0.15) is 327 Å². The van der Waals surface area contributed by atoms with E-state index in [2.05, 4.69) is 138 Å². The maximum Gasteiger partial charge on any atom is 0.410 e. The average molecular weight is 1890 g/mol. The van der Waals surface area contributed by atoms with Gasteiger partial charge in [-0.1, -0.05) is 118 Å². The van der Waals surface area contributed by atoms with Gasteiger partial charge in [0.1, 0.15) is 22.4 Å². The minimum absolute atomic E-state index is 0.107. The topological polar surface area (TPSA) is 199 Å². The van der Waals surface area contributed by atoms with Crippen LogP contribution in [0.2, 0.25) is 0 Å². The standard InChI is InChI=1S/C31H46N2O3.C30H42N2O3.C29H40N2O3.C28H40N2O3/c1-20(2)17-28-27-18-26-21(3)9-8-10-24(26)25(27)15-16-33(28)29(34)23-13-11-22(12-14-23)19-32(7)30(35)36-31(4,5)6;1-30(2,3)35-29(34)31(4)19-20-12-14-22(15-13-20)28(33)32-17-16-25-24-11-6-5-8-23(24)18-26(25)27(32)21-9-7-10-21;1-29(2,3)34-28(33)30(4)18-19-9-11-21(12-10-19)27(32)31-16-15-24-23-8-6-5-7-22(23)17-25(24)26(31)20-13-14-20;1-6-25-24-17-21-9-7-8-10-22(21)23(24)15-16-30(25)26(31)20-13-11-19(12-14-20)18-29(5)27(32)33-28(2,3)4/h8-10,20,22-23,28H,11-19H2,1-7H3;5-6,8,11,20-22,27H,7,9-10,12-19H2,1-4H3;5-8,19-21,26H,9-18H2,1-4H3;7-10,19-20,25H,6,11-18H2,1-5H3. The van der Waals surface area contributed by atoms with Gasteiger partial charge in [-0.3, -0.25) is 19.2 Å². The first-order valence-corrected chi connectivity index (χ1v) is 53.7. The van der Waals surface area contributed by atoms with Gasteiger partial charge in [-0.25, -0.2) is 19.2 Å². The molecular weight excluding hydrogens is 1720 g/mol. The number of carbonyl (C=O) groups is 8. The van der Waals surface area contributed by atoms with E-state index in [0.717, 1.165) is 193 Å². The van der Waals surface area contributed by atoms with E-state index in [1.54, 1.807) is 25.2 Å². The predicted octanol–water partition coefficient (Wildman–Crippen LogP) is 24.1. The first-order valence-electron chi connectivity index (χ1n) is 53.7. The molecule has 4 unspecified atom stereocenters. The maximum absolute atomic E-state index is 13.9. The molecule has 0 N–H and O–H groups in total. The van der Waals surface area contributed by atoms with E-state index in [1.165, 1.54) is 121 Å². The molecule has 0 bridgehead atoms. The van der Waals surface area contributed by atoms with Crippen molar-refractivity contribution in [1.29, 1.82) is 0 Å². The average Bonchev–Trinajstić information content (AvgIpc) is 1.59. The molecule has 14 aliphatic rings. The van der Waals surface area contributed by atoms with Crippen LogP contribution in [0.4, 0.5) is 19.2 Å². The van der Waals surface area contributed by atoms with E-state index in [1.807, 2.05) is 111 Å². The third-order valence-electron chi connectivity index (χ3n) is 32.8. The highest BCUT2D eigenvalue weighted by molar-refractivity contribution is 5.89. The van der Waals surface area contributed by atoms with Crippen LogP contribution in [0.5, 0.6) is 0 Å². The molecule has 138 heavy (non-hydrogen) atoms. The Bertz CT molecular complexity index is 5180. The highest BCUT2D eigenvalue weighted by atomic mass is 16.6. The smallest absolute Gasteiger partial charge is 0.410 e. The molecular formula is C118H168N8O12. The van der Waals surface area contributed by atoms with Gasteiger partial charge in [0.25, 0.3) is 0 Å². The van der Waals surface area contributed by atoms with Crippen LogP contribution in [0.25, 0.3) is 22.3 Å². The molecule has 0 aromatic heterocycles. The summed E-state index contributed by atoms with van der Waals surface area (Å²) in [6.07, 6.45) is 30.7. The number of hydrogen-bond acceptors (Lipinski definition) is 12. The van der Waals surface area contributed by atoms with Crippen LogP contribution < -0.4 is 0 Å². The van der Waals surface area contributed by atoms with Crippen LogP contribution in [-0.4, -0.2) is 214 Å².